The van der Waals surface area contributed by atoms with Crippen LogP contribution in [0.5, 0.6) is 0 Å². The second-order valence-electron chi connectivity index (χ2n) is 6.15. The molecular weight excluding hydrogens is 340 g/mol. The number of nitrogens with zero attached hydrogens (tertiary/aromatic N) is 3. The summed E-state index contributed by atoms with van der Waals surface area (Å²) >= 11 is 0. The van der Waals surface area contributed by atoms with Crippen LogP contribution >= 0.6 is 0 Å². The van der Waals surface area contributed by atoms with Crippen LogP contribution in [0.3, 0.4) is 0 Å². The summed E-state index contributed by atoms with van der Waals surface area (Å²) in [6.07, 6.45) is 5.07. The van der Waals surface area contributed by atoms with Gasteiger partial charge in [0.1, 0.15) is 23.2 Å². The Morgan fingerprint density at radius 2 is 2.00 bits per heavy atom. The Balaban J connectivity index is 2.16. The van der Waals surface area contributed by atoms with Crippen molar-refractivity contribution in [3.8, 4) is 0 Å². The maximum atomic E-state index is 12.4. The first-order chi connectivity index (χ1) is 13.1. The van der Waals surface area contributed by atoms with Crippen LogP contribution in [0, 0.1) is 5.41 Å². The van der Waals surface area contributed by atoms with Crippen molar-refractivity contribution >= 4 is 29.1 Å². The van der Waals surface area contributed by atoms with Crippen molar-refractivity contribution in [3.63, 3.8) is 0 Å². The van der Waals surface area contributed by atoms with Gasteiger partial charge in [-0.15, -0.1) is 0 Å². The summed E-state index contributed by atoms with van der Waals surface area (Å²) in [6, 6.07) is 8.87. The highest BCUT2D eigenvalue weighted by Gasteiger charge is 2.18. The van der Waals surface area contributed by atoms with E-state index < -0.39 is 5.91 Å². The molecule has 0 aliphatic rings. The van der Waals surface area contributed by atoms with Crippen LogP contribution in [0.2, 0.25) is 0 Å². The monoisotopic (exact) mass is 368 g/mol. The Bertz CT molecular complexity index is 762. The summed E-state index contributed by atoms with van der Waals surface area (Å²) in [6.45, 7) is 6.08. The lowest BCUT2D eigenvalue weighted by molar-refractivity contribution is -0.110. The van der Waals surface area contributed by atoms with Gasteiger partial charge < -0.3 is 15.5 Å². The third-order valence-corrected chi connectivity index (χ3v) is 4.26. The van der Waals surface area contributed by atoms with Crippen molar-refractivity contribution in [1.82, 2.24) is 9.97 Å². The molecule has 2 heterocycles. The van der Waals surface area contributed by atoms with Crippen molar-refractivity contribution in [2.24, 2.45) is 0 Å². The Morgan fingerprint density at radius 3 is 2.63 bits per heavy atom. The van der Waals surface area contributed by atoms with Crippen molar-refractivity contribution in [2.75, 3.05) is 35.7 Å². The van der Waals surface area contributed by atoms with E-state index in [4.69, 9.17) is 5.41 Å². The second-order valence-corrected chi connectivity index (χ2v) is 6.15. The summed E-state index contributed by atoms with van der Waals surface area (Å²) in [5, 5.41) is 13.9. The summed E-state index contributed by atoms with van der Waals surface area (Å²) in [5.41, 5.74) is 0.303. The minimum Gasteiger partial charge on any atom is -0.373 e. The fourth-order valence-corrected chi connectivity index (χ4v) is 2.74. The Labute approximate surface area is 160 Å². The van der Waals surface area contributed by atoms with Crippen molar-refractivity contribution < 1.29 is 4.79 Å². The van der Waals surface area contributed by atoms with Gasteiger partial charge in [0, 0.05) is 31.9 Å². The van der Waals surface area contributed by atoms with Gasteiger partial charge in [0.2, 0.25) is 0 Å². The SMILES string of the molecule is CCCCCN(CC)c1ccc(C(=N)C(=O)Nc2ccccn2)c(NC)n1. The zero-order valence-corrected chi connectivity index (χ0v) is 16.2. The van der Waals surface area contributed by atoms with Gasteiger partial charge >= 0.3 is 0 Å². The molecule has 0 fully saturated rings. The van der Waals surface area contributed by atoms with Gasteiger partial charge in [-0.2, -0.15) is 0 Å². The molecule has 0 aliphatic heterocycles. The third kappa shape index (κ3) is 5.51. The fourth-order valence-electron chi connectivity index (χ4n) is 2.74. The van der Waals surface area contributed by atoms with Crippen molar-refractivity contribution in [1.29, 1.82) is 5.41 Å². The zero-order valence-electron chi connectivity index (χ0n) is 16.2. The average molecular weight is 368 g/mol. The van der Waals surface area contributed by atoms with E-state index in [-0.39, 0.29) is 5.71 Å². The van der Waals surface area contributed by atoms with E-state index in [0.717, 1.165) is 25.3 Å². The van der Waals surface area contributed by atoms with Gasteiger partial charge in [-0.3, -0.25) is 10.2 Å². The topological polar surface area (TPSA) is 94.0 Å². The highest BCUT2D eigenvalue weighted by atomic mass is 16.1. The van der Waals surface area contributed by atoms with Crippen LogP contribution in [0.1, 0.15) is 38.7 Å². The first-order valence-corrected chi connectivity index (χ1v) is 9.35. The van der Waals surface area contributed by atoms with Crippen LogP contribution in [0.4, 0.5) is 17.5 Å². The van der Waals surface area contributed by atoms with Crippen LogP contribution in [0.15, 0.2) is 36.5 Å². The molecule has 2 aromatic heterocycles. The molecule has 0 radical (unpaired) electrons. The Kier molecular flexibility index (Phi) is 7.73. The van der Waals surface area contributed by atoms with Crippen LogP contribution in [0.25, 0.3) is 0 Å². The minimum absolute atomic E-state index is 0.155. The van der Waals surface area contributed by atoms with E-state index >= 15 is 0 Å². The second kappa shape index (κ2) is 10.3. The molecule has 7 nitrogen and oxygen atoms in total. The van der Waals surface area contributed by atoms with Crippen molar-refractivity contribution in [2.45, 2.75) is 33.1 Å². The largest absolute Gasteiger partial charge is 0.373 e. The van der Waals surface area contributed by atoms with Gasteiger partial charge in [-0.1, -0.05) is 25.8 Å². The zero-order chi connectivity index (χ0) is 19.6. The number of unbranched alkanes of at least 4 members (excludes halogenated alkanes) is 2. The molecular formula is C20H28N6O. The molecule has 1 amide bonds. The molecule has 144 valence electrons. The molecule has 0 unspecified atom stereocenters. The van der Waals surface area contributed by atoms with E-state index in [1.54, 1.807) is 37.5 Å². The van der Waals surface area contributed by atoms with Gasteiger partial charge in [-0.05, 0) is 37.6 Å². The first-order valence-electron chi connectivity index (χ1n) is 9.35. The molecule has 2 aromatic rings. The molecule has 7 heteroatoms. The molecule has 0 aromatic carbocycles. The number of carbonyl (C=O) groups is 1. The Morgan fingerprint density at radius 1 is 1.19 bits per heavy atom. The van der Waals surface area contributed by atoms with E-state index in [9.17, 15) is 4.79 Å². The maximum Gasteiger partial charge on any atom is 0.275 e. The fraction of sp³-hybridized carbons (Fsp3) is 0.400. The molecule has 0 aliphatic carbocycles. The van der Waals surface area contributed by atoms with Crippen LogP contribution < -0.4 is 15.5 Å². The molecule has 0 saturated carbocycles. The first kappa shape index (κ1) is 20.4. The minimum atomic E-state index is -0.518. The highest BCUT2D eigenvalue weighted by molar-refractivity contribution is 6.48. The standard InChI is InChI=1S/C20H28N6O/c1-4-6-9-14-26(5-2)17-12-11-15(19(22-3)25-17)18(21)20(27)24-16-10-7-8-13-23-16/h7-8,10-13,21H,4-6,9,14H2,1-3H3,(H,22,25)(H,23,24,27). The number of amides is 1. The number of pyridine rings is 2. The van der Waals surface area contributed by atoms with Crippen molar-refractivity contribution in [3.05, 3.63) is 42.1 Å². The van der Waals surface area contributed by atoms with E-state index in [2.05, 4.69) is 39.3 Å². The van der Waals surface area contributed by atoms with E-state index in [1.807, 2.05) is 6.07 Å². The number of anilines is 3. The van der Waals surface area contributed by atoms with Crippen LogP contribution in [-0.2, 0) is 4.79 Å². The number of hydrogen-bond donors (Lipinski definition) is 3. The number of aromatic nitrogens is 2. The lowest BCUT2D eigenvalue weighted by Gasteiger charge is -2.23. The summed E-state index contributed by atoms with van der Waals surface area (Å²) < 4.78 is 0. The molecule has 2 rings (SSSR count). The number of hydrogen-bond acceptors (Lipinski definition) is 6. The molecule has 0 bridgehead atoms. The Hall–Kier alpha value is -2.96. The number of rotatable bonds is 10. The highest BCUT2D eigenvalue weighted by Crippen LogP contribution is 2.20. The van der Waals surface area contributed by atoms with E-state index in [0.29, 0.717) is 17.2 Å². The van der Waals surface area contributed by atoms with Gasteiger partial charge in [0.25, 0.3) is 5.91 Å². The average Bonchev–Trinajstić information content (AvgIpc) is 2.71. The lowest BCUT2D eigenvalue weighted by Crippen LogP contribution is -2.27. The number of carbonyl (C=O) groups excluding carboxylic acids is 1. The lowest BCUT2D eigenvalue weighted by atomic mass is 10.1. The molecule has 3 N–H and O–H groups in total. The quantitative estimate of drug-likeness (QED) is 0.440. The predicted octanol–water partition coefficient (Wildman–Crippen LogP) is 3.54. The van der Waals surface area contributed by atoms with Gasteiger partial charge in [0.15, 0.2) is 0 Å². The summed E-state index contributed by atoms with van der Waals surface area (Å²) in [5.74, 6) is 1.26. The van der Waals surface area contributed by atoms with Gasteiger partial charge in [-0.25, -0.2) is 9.97 Å². The van der Waals surface area contributed by atoms with Crippen LogP contribution in [-0.4, -0.2) is 41.7 Å². The molecule has 27 heavy (non-hydrogen) atoms. The smallest absolute Gasteiger partial charge is 0.275 e. The molecule has 0 spiro atoms. The third-order valence-electron chi connectivity index (χ3n) is 4.26. The normalized spacial score (nSPS) is 10.3. The van der Waals surface area contributed by atoms with E-state index in [1.165, 1.54) is 12.8 Å². The summed E-state index contributed by atoms with van der Waals surface area (Å²) in [7, 11) is 1.74. The van der Waals surface area contributed by atoms with Gasteiger partial charge in [0.05, 0.1) is 0 Å². The maximum absolute atomic E-state index is 12.4. The number of nitrogens with one attached hydrogen (secondary N) is 3. The summed E-state index contributed by atoms with van der Waals surface area (Å²) in [4.78, 5) is 23.3. The molecule has 0 atom stereocenters. The predicted molar refractivity (Wildman–Crippen MR) is 111 cm³/mol. The molecule has 0 saturated heterocycles.